The molecule has 0 aromatic carbocycles. The van der Waals surface area contributed by atoms with Gasteiger partial charge < -0.3 is 28.9 Å². The third kappa shape index (κ3) is 29.2. The van der Waals surface area contributed by atoms with E-state index in [4.69, 9.17) is 14.2 Å². The highest BCUT2D eigenvalue weighted by molar-refractivity contribution is 5.70. The van der Waals surface area contributed by atoms with Gasteiger partial charge in [0.2, 0.25) is 0 Å². The van der Waals surface area contributed by atoms with Gasteiger partial charge in [-0.15, -0.1) is 0 Å². The van der Waals surface area contributed by atoms with Crippen molar-refractivity contribution in [2.45, 2.75) is 109 Å². The van der Waals surface area contributed by atoms with Crippen LogP contribution < -0.4 is 0 Å². The van der Waals surface area contributed by atoms with Crippen LogP contribution in [-0.2, 0) is 23.8 Å². The summed E-state index contributed by atoms with van der Waals surface area (Å²) in [5.41, 5.74) is 0. The van der Waals surface area contributed by atoms with Crippen LogP contribution in [0.1, 0.15) is 96.8 Å². The summed E-state index contributed by atoms with van der Waals surface area (Å²) in [6.07, 6.45) is 29.8. The number of likely N-dealkylation sites (N-methyl/N-ethyl adjacent to an activating group) is 1. The molecule has 0 spiro atoms. The molecule has 0 aromatic rings. The molecule has 0 saturated heterocycles. The first-order valence-electron chi connectivity index (χ1n) is 15.9. The van der Waals surface area contributed by atoms with Gasteiger partial charge >= 0.3 is 11.9 Å². The number of carboxylic acid groups (broad SMARTS) is 1. The first-order valence-corrected chi connectivity index (χ1v) is 15.9. The number of aliphatic hydroxyl groups excluding tert-OH is 1. The van der Waals surface area contributed by atoms with Gasteiger partial charge in [-0.2, -0.15) is 0 Å². The fourth-order valence-electron chi connectivity index (χ4n) is 3.82. The number of esters is 1. The van der Waals surface area contributed by atoms with Crippen LogP contribution >= 0.6 is 0 Å². The second-order valence-corrected chi connectivity index (χ2v) is 11.6. The molecule has 0 rings (SSSR count). The molecule has 0 fully saturated rings. The highest BCUT2D eigenvalue weighted by Gasteiger charge is 2.22. The fraction of sp³-hybridized carbons (Fsp3) is 0.706. The monoisotopic (exact) mass is 594 g/mol. The molecule has 0 bridgehead atoms. The lowest BCUT2D eigenvalue weighted by Crippen LogP contribution is -2.40. The second kappa shape index (κ2) is 27.6. The Balaban J connectivity index is 3.63. The zero-order chi connectivity index (χ0) is 31.3. The van der Waals surface area contributed by atoms with Crippen LogP contribution in [0.4, 0.5) is 0 Å². The third-order valence-electron chi connectivity index (χ3n) is 6.33. The third-order valence-corrected chi connectivity index (χ3v) is 6.33. The Hall–Kier alpha value is -2.26. The van der Waals surface area contributed by atoms with Crippen molar-refractivity contribution in [2.24, 2.45) is 0 Å². The van der Waals surface area contributed by atoms with Crippen LogP contribution in [0.3, 0.4) is 0 Å². The van der Waals surface area contributed by atoms with E-state index in [0.717, 1.165) is 51.4 Å². The van der Waals surface area contributed by atoms with Gasteiger partial charge in [-0.25, -0.2) is 4.79 Å². The summed E-state index contributed by atoms with van der Waals surface area (Å²) in [7, 11) is 5.90. The van der Waals surface area contributed by atoms with E-state index in [-0.39, 0.29) is 25.8 Å². The fourth-order valence-corrected chi connectivity index (χ4v) is 3.82. The van der Waals surface area contributed by atoms with Crippen LogP contribution in [0.5, 0.6) is 0 Å². The number of carbonyl (C=O) groups excluding carboxylic acids is 1. The van der Waals surface area contributed by atoms with Crippen molar-refractivity contribution in [3.8, 4) is 0 Å². The van der Waals surface area contributed by atoms with Crippen molar-refractivity contribution in [2.75, 3.05) is 47.5 Å². The number of carboxylic acids is 1. The van der Waals surface area contributed by atoms with E-state index in [1.807, 2.05) is 21.1 Å². The summed E-state index contributed by atoms with van der Waals surface area (Å²) in [5.74, 6) is -1.62. The molecule has 242 valence electrons. The maximum Gasteiger partial charge on any atom is 0.361 e. The number of quaternary nitrogens is 1. The molecule has 0 aliphatic heterocycles. The quantitative estimate of drug-likeness (QED) is 0.0340. The number of nitrogens with zero attached hydrogens (tertiary/aromatic N) is 1. The van der Waals surface area contributed by atoms with E-state index in [9.17, 15) is 19.8 Å². The number of aliphatic hydroxyl groups is 1. The average Bonchev–Trinajstić information content (AvgIpc) is 2.93. The molecule has 0 aromatic heterocycles. The minimum absolute atomic E-state index is 0.207. The molecule has 2 N–H and O–H groups in total. The first kappa shape index (κ1) is 39.7. The van der Waals surface area contributed by atoms with E-state index in [1.54, 1.807) is 0 Å². The minimum atomic E-state index is -1.47. The standard InChI is InChI=1S/C34H59NO7/c1-5-6-7-8-9-10-11-12-13-14-15-16-17-18-19-20-21-22-23-24-25-26-32(37)41-29-31(36)30-42-34(33(38)39)40-28-27-35(2,3)4/h6-7,9-10,12-13,15-16,31,34,36H,5,8,11,14,17-30H2,1-4H3/p+1/b7-6-,10-9-,13-12-,16-15-. The lowest BCUT2D eigenvalue weighted by atomic mass is 10.1. The minimum Gasteiger partial charge on any atom is -0.477 e. The van der Waals surface area contributed by atoms with Crippen molar-refractivity contribution in [3.05, 3.63) is 48.6 Å². The van der Waals surface area contributed by atoms with Crippen molar-refractivity contribution < 1.29 is 38.5 Å². The first-order chi connectivity index (χ1) is 20.2. The van der Waals surface area contributed by atoms with Crippen LogP contribution in [0, 0.1) is 0 Å². The van der Waals surface area contributed by atoms with Gasteiger partial charge in [0.1, 0.15) is 19.3 Å². The molecule has 8 heteroatoms. The number of aliphatic carboxylic acids is 1. The van der Waals surface area contributed by atoms with Gasteiger partial charge in [0.05, 0.1) is 34.4 Å². The summed E-state index contributed by atoms with van der Waals surface area (Å²) in [4.78, 5) is 23.2. The molecular formula is C34H60NO7+. The maximum absolute atomic E-state index is 11.9. The van der Waals surface area contributed by atoms with Crippen molar-refractivity contribution in [1.82, 2.24) is 0 Å². The molecule has 0 aliphatic carbocycles. The lowest BCUT2D eigenvalue weighted by Gasteiger charge is -2.24. The molecule has 0 heterocycles. The molecule has 2 unspecified atom stereocenters. The van der Waals surface area contributed by atoms with Crippen LogP contribution in [0.2, 0.25) is 0 Å². The number of unbranched alkanes of at least 4 members (excludes halogenated alkanes) is 8. The number of rotatable bonds is 28. The van der Waals surface area contributed by atoms with Gasteiger partial charge in [0.15, 0.2) is 0 Å². The van der Waals surface area contributed by atoms with Gasteiger partial charge in [0, 0.05) is 6.42 Å². The Bertz CT molecular complexity index is 783. The smallest absolute Gasteiger partial charge is 0.361 e. The summed E-state index contributed by atoms with van der Waals surface area (Å²) >= 11 is 0. The maximum atomic E-state index is 11.9. The molecule has 2 atom stereocenters. The summed E-state index contributed by atoms with van der Waals surface area (Å²) in [6, 6.07) is 0. The molecule has 0 amide bonds. The number of hydrogen-bond acceptors (Lipinski definition) is 6. The molecular weight excluding hydrogens is 534 g/mol. The van der Waals surface area contributed by atoms with E-state index < -0.39 is 18.4 Å². The Kier molecular flexibility index (Phi) is 26.1. The number of ether oxygens (including phenoxy) is 3. The molecule has 0 aliphatic rings. The van der Waals surface area contributed by atoms with Gasteiger partial charge in [-0.3, -0.25) is 4.79 Å². The van der Waals surface area contributed by atoms with E-state index >= 15 is 0 Å². The lowest BCUT2D eigenvalue weighted by molar-refractivity contribution is -0.870. The number of allylic oxidation sites excluding steroid dienone is 8. The van der Waals surface area contributed by atoms with Gasteiger partial charge in [0.25, 0.3) is 6.29 Å². The van der Waals surface area contributed by atoms with E-state index in [2.05, 4.69) is 55.5 Å². The van der Waals surface area contributed by atoms with Crippen molar-refractivity contribution in [3.63, 3.8) is 0 Å². The second-order valence-electron chi connectivity index (χ2n) is 11.6. The predicted octanol–water partition coefficient (Wildman–Crippen LogP) is 6.75. The Morgan fingerprint density at radius 2 is 1.24 bits per heavy atom. The normalized spacial score (nSPS) is 14.0. The molecule has 42 heavy (non-hydrogen) atoms. The van der Waals surface area contributed by atoms with Gasteiger partial charge in [-0.05, 0) is 44.9 Å². The number of hydrogen-bond donors (Lipinski definition) is 2. The Morgan fingerprint density at radius 1 is 0.714 bits per heavy atom. The van der Waals surface area contributed by atoms with Crippen LogP contribution in [0.15, 0.2) is 48.6 Å². The zero-order valence-electron chi connectivity index (χ0n) is 26.9. The highest BCUT2D eigenvalue weighted by atomic mass is 16.7. The zero-order valence-corrected chi connectivity index (χ0v) is 26.9. The molecule has 0 radical (unpaired) electrons. The van der Waals surface area contributed by atoms with Gasteiger partial charge in [-0.1, -0.05) is 94.1 Å². The Morgan fingerprint density at radius 3 is 1.79 bits per heavy atom. The topological polar surface area (TPSA) is 102 Å². The highest BCUT2D eigenvalue weighted by Crippen LogP contribution is 2.11. The molecule has 0 saturated carbocycles. The number of carbonyl (C=O) groups is 2. The average molecular weight is 595 g/mol. The Labute approximate surface area is 255 Å². The predicted molar refractivity (Wildman–Crippen MR) is 170 cm³/mol. The van der Waals surface area contributed by atoms with E-state index in [0.29, 0.717) is 17.4 Å². The van der Waals surface area contributed by atoms with Crippen molar-refractivity contribution in [1.29, 1.82) is 0 Å². The SMILES string of the molecule is CC/C=C\C/C=C\C/C=C\C/C=C\CCCCCCCCCCC(=O)OCC(O)COC(OCC[N+](C)(C)C)C(=O)O. The summed E-state index contributed by atoms with van der Waals surface area (Å²) in [5, 5.41) is 19.2. The summed E-state index contributed by atoms with van der Waals surface area (Å²) < 4.78 is 16.1. The van der Waals surface area contributed by atoms with E-state index in [1.165, 1.54) is 32.1 Å². The summed E-state index contributed by atoms with van der Waals surface area (Å²) in [6.45, 7) is 2.44. The van der Waals surface area contributed by atoms with Crippen LogP contribution in [-0.4, -0.2) is 86.5 Å². The largest absolute Gasteiger partial charge is 0.477 e. The van der Waals surface area contributed by atoms with Crippen LogP contribution in [0.25, 0.3) is 0 Å². The molecule has 8 nitrogen and oxygen atoms in total. The van der Waals surface area contributed by atoms with Crippen molar-refractivity contribution >= 4 is 11.9 Å².